The van der Waals surface area contributed by atoms with Crippen LogP contribution < -0.4 is 0 Å². The van der Waals surface area contributed by atoms with Crippen LogP contribution in [0.4, 0.5) is 0 Å². The molecule has 2 aliphatic heterocycles. The van der Waals surface area contributed by atoms with Gasteiger partial charge >= 0.3 is 0 Å². The molecule has 122 valence electrons. The van der Waals surface area contributed by atoms with E-state index >= 15 is 0 Å². The number of benzene rings is 2. The third-order valence-corrected chi connectivity index (χ3v) is 5.45. The fourth-order valence-electron chi connectivity index (χ4n) is 4.18. The zero-order valence-corrected chi connectivity index (χ0v) is 13.7. The molecular weight excluding hydrogens is 284 g/mol. The first-order valence-corrected chi connectivity index (χ1v) is 8.96. The normalized spacial score (nSPS) is 23.6. The Bertz CT molecular complexity index is 678. The van der Waals surface area contributed by atoms with Crippen molar-refractivity contribution in [1.29, 1.82) is 0 Å². The van der Waals surface area contributed by atoms with Crippen LogP contribution >= 0.6 is 0 Å². The van der Waals surface area contributed by atoms with Gasteiger partial charge in [-0.3, -0.25) is 9.80 Å². The monoisotopic (exact) mass is 310 g/mol. The van der Waals surface area contributed by atoms with Crippen molar-refractivity contribution < 1.29 is 5.11 Å². The third-order valence-electron chi connectivity index (χ3n) is 5.45. The smallest absolute Gasteiger partial charge is 0.116 e. The Morgan fingerprint density at radius 3 is 2.57 bits per heavy atom. The number of hydrogen-bond donors (Lipinski definition) is 1. The van der Waals surface area contributed by atoms with Crippen molar-refractivity contribution in [3.8, 4) is 5.75 Å². The van der Waals surface area contributed by atoms with Crippen LogP contribution in [0.5, 0.6) is 5.75 Å². The summed E-state index contributed by atoms with van der Waals surface area (Å²) in [4.78, 5) is 5.31. The highest BCUT2D eigenvalue weighted by atomic mass is 16.3. The van der Waals surface area contributed by atoms with Crippen molar-refractivity contribution in [2.75, 3.05) is 26.2 Å². The van der Waals surface area contributed by atoms with E-state index in [0.29, 0.717) is 5.75 Å². The Morgan fingerprint density at radius 1 is 0.913 bits per heavy atom. The summed E-state index contributed by atoms with van der Waals surface area (Å²) in [6.07, 6.45) is 5.50. The molecule has 3 nitrogen and oxygen atoms in total. The molecule has 0 radical (unpaired) electrons. The average molecular weight is 310 g/mol. The minimum Gasteiger partial charge on any atom is -0.508 e. The molecular formula is C20H26N2O. The first kappa shape index (κ1) is 15.0. The van der Waals surface area contributed by atoms with Crippen LogP contribution in [0.25, 0.3) is 10.8 Å². The van der Waals surface area contributed by atoms with Gasteiger partial charge in [0.15, 0.2) is 0 Å². The number of hydrogen-bond acceptors (Lipinski definition) is 3. The predicted octanol–water partition coefficient (Wildman–Crippen LogP) is 3.61. The van der Waals surface area contributed by atoms with Gasteiger partial charge in [0.25, 0.3) is 0 Å². The Labute approximate surface area is 138 Å². The standard InChI is InChI=1S/C20H26N2O/c23-20-7-6-17-12-16(4-5-18(17)13-20)14-21-11-8-19(15-21)22-9-2-1-3-10-22/h4-7,12-13,19,23H,1-3,8-11,14-15H2. The molecule has 0 bridgehead atoms. The zero-order valence-electron chi connectivity index (χ0n) is 13.7. The number of phenols is 1. The molecule has 3 heteroatoms. The van der Waals surface area contributed by atoms with Crippen LogP contribution in [-0.2, 0) is 6.54 Å². The number of piperidine rings is 1. The van der Waals surface area contributed by atoms with Gasteiger partial charge in [-0.15, -0.1) is 0 Å². The fraction of sp³-hybridized carbons (Fsp3) is 0.500. The molecule has 2 aliphatic rings. The van der Waals surface area contributed by atoms with E-state index < -0.39 is 0 Å². The maximum absolute atomic E-state index is 9.57. The number of likely N-dealkylation sites (tertiary alicyclic amines) is 2. The maximum atomic E-state index is 9.57. The number of aromatic hydroxyl groups is 1. The highest BCUT2D eigenvalue weighted by Gasteiger charge is 2.28. The SMILES string of the molecule is Oc1ccc2cc(CN3CCC(N4CCCCC4)C3)ccc2c1. The summed E-state index contributed by atoms with van der Waals surface area (Å²) in [7, 11) is 0. The third kappa shape index (κ3) is 3.36. The van der Waals surface area contributed by atoms with Gasteiger partial charge in [-0.1, -0.05) is 24.6 Å². The van der Waals surface area contributed by atoms with Gasteiger partial charge in [0.05, 0.1) is 0 Å². The van der Waals surface area contributed by atoms with Gasteiger partial charge < -0.3 is 5.11 Å². The summed E-state index contributed by atoms with van der Waals surface area (Å²) in [5.74, 6) is 0.342. The molecule has 0 amide bonds. The molecule has 2 heterocycles. The largest absolute Gasteiger partial charge is 0.508 e. The van der Waals surface area contributed by atoms with Crippen molar-refractivity contribution in [1.82, 2.24) is 9.80 Å². The van der Waals surface area contributed by atoms with Gasteiger partial charge in [0.2, 0.25) is 0 Å². The van der Waals surface area contributed by atoms with E-state index in [1.165, 1.54) is 62.8 Å². The molecule has 23 heavy (non-hydrogen) atoms. The van der Waals surface area contributed by atoms with Crippen LogP contribution in [0.15, 0.2) is 36.4 Å². The molecule has 1 atom stereocenters. The van der Waals surface area contributed by atoms with Crippen LogP contribution in [-0.4, -0.2) is 47.1 Å². The molecule has 0 saturated carbocycles. The Hall–Kier alpha value is -1.58. The number of rotatable bonds is 3. The van der Waals surface area contributed by atoms with Crippen LogP contribution in [0.1, 0.15) is 31.2 Å². The van der Waals surface area contributed by atoms with E-state index in [0.717, 1.165) is 18.0 Å². The minimum atomic E-state index is 0.342. The summed E-state index contributed by atoms with van der Waals surface area (Å²) >= 11 is 0. The quantitative estimate of drug-likeness (QED) is 0.938. The lowest BCUT2D eigenvalue weighted by Crippen LogP contribution is -2.40. The van der Waals surface area contributed by atoms with Crippen LogP contribution in [0.3, 0.4) is 0 Å². The van der Waals surface area contributed by atoms with E-state index in [-0.39, 0.29) is 0 Å². The molecule has 0 aromatic heterocycles. The van der Waals surface area contributed by atoms with Crippen molar-refractivity contribution >= 4 is 10.8 Å². The molecule has 0 aliphatic carbocycles. The molecule has 1 N–H and O–H groups in total. The van der Waals surface area contributed by atoms with Crippen molar-refractivity contribution in [2.45, 2.75) is 38.3 Å². The van der Waals surface area contributed by atoms with Crippen LogP contribution in [0, 0.1) is 0 Å². The Balaban J connectivity index is 1.41. The fourth-order valence-corrected chi connectivity index (χ4v) is 4.18. The molecule has 4 rings (SSSR count). The van der Waals surface area contributed by atoms with E-state index in [4.69, 9.17) is 0 Å². The first-order chi connectivity index (χ1) is 11.3. The van der Waals surface area contributed by atoms with Gasteiger partial charge in [0.1, 0.15) is 5.75 Å². The minimum absolute atomic E-state index is 0.342. The summed E-state index contributed by atoms with van der Waals surface area (Å²) in [5.41, 5.74) is 1.38. The molecule has 2 saturated heterocycles. The lowest BCUT2D eigenvalue weighted by atomic mass is 10.1. The zero-order chi connectivity index (χ0) is 15.6. The van der Waals surface area contributed by atoms with E-state index in [1.54, 1.807) is 6.07 Å². The highest BCUT2D eigenvalue weighted by Crippen LogP contribution is 2.24. The van der Waals surface area contributed by atoms with E-state index in [9.17, 15) is 5.11 Å². The average Bonchev–Trinajstić information content (AvgIpc) is 3.04. The van der Waals surface area contributed by atoms with Gasteiger partial charge in [-0.05, 0) is 66.9 Å². The van der Waals surface area contributed by atoms with E-state index in [2.05, 4.69) is 28.0 Å². The van der Waals surface area contributed by atoms with Crippen LogP contribution in [0.2, 0.25) is 0 Å². The lowest BCUT2D eigenvalue weighted by molar-refractivity contribution is 0.161. The molecule has 1 unspecified atom stereocenters. The summed E-state index contributed by atoms with van der Waals surface area (Å²) in [6.45, 7) is 6.08. The Kier molecular flexibility index (Phi) is 4.23. The molecule has 2 fully saturated rings. The van der Waals surface area contributed by atoms with Gasteiger partial charge in [-0.2, -0.15) is 0 Å². The van der Waals surface area contributed by atoms with Gasteiger partial charge in [-0.25, -0.2) is 0 Å². The predicted molar refractivity (Wildman–Crippen MR) is 94.7 cm³/mol. The molecule has 0 spiro atoms. The van der Waals surface area contributed by atoms with Crippen molar-refractivity contribution in [3.05, 3.63) is 42.0 Å². The number of fused-ring (bicyclic) bond motifs is 1. The summed E-state index contributed by atoms with van der Waals surface area (Å²) < 4.78 is 0. The molecule has 2 aromatic carbocycles. The maximum Gasteiger partial charge on any atom is 0.116 e. The second-order valence-corrected chi connectivity index (χ2v) is 7.14. The number of phenolic OH excluding ortho intramolecular Hbond substituents is 1. The van der Waals surface area contributed by atoms with Gasteiger partial charge in [0, 0.05) is 25.7 Å². The topological polar surface area (TPSA) is 26.7 Å². The number of nitrogens with zero attached hydrogens (tertiary/aromatic N) is 2. The van der Waals surface area contributed by atoms with Crippen molar-refractivity contribution in [3.63, 3.8) is 0 Å². The first-order valence-electron chi connectivity index (χ1n) is 8.96. The van der Waals surface area contributed by atoms with E-state index in [1.807, 2.05) is 12.1 Å². The summed E-state index contributed by atoms with van der Waals surface area (Å²) in [5, 5.41) is 11.9. The molecule has 2 aromatic rings. The summed E-state index contributed by atoms with van der Waals surface area (Å²) in [6, 6.07) is 13.0. The Morgan fingerprint density at radius 2 is 1.70 bits per heavy atom. The van der Waals surface area contributed by atoms with Crippen molar-refractivity contribution in [2.24, 2.45) is 0 Å². The second kappa shape index (κ2) is 6.50. The lowest BCUT2D eigenvalue weighted by Gasteiger charge is -2.32. The second-order valence-electron chi connectivity index (χ2n) is 7.14. The highest BCUT2D eigenvalue weighted by molar-refractivity contribution is 5.84.